The summed E-state index contributed by atoms with van der Waals surface area (Å²) in [7, 11) is 0. The Kier molecular flexibility index (Phi) is 5.16. The Labute approximate surface area is 157 Å². The van der Waals surface area contributed by atoms with Crippen LogP contribution in [-0.4, -0.2) is 40.3 Å². The third-order valence-corrected chi connectivity index (χ3v) is 5.74. The molecule has 0 spiro atoms. The van der Waals surface area contributed by atoms with E-state index < -0.39 is 11.5 Å². The van der Waals surface area contributed by atoms with Crippen molar-refractivity contribution in [1.82, 2.24) is 10.2 Å². The molecule has 3 amide bonds. The summed E-state index contributed by atoms with van der Waals surface area (Å²) in [5.74, 6) is -0.835. The molecule has 0 unspecified atom stereocenters. The highest BCUT2D eigenvalue weighted by Gasteiger charge is 2.47. The summed E-state index contributed by atoms with van der Waals surface area (Å²) in [4.78, 5) is 36.6. The number of nitrogens with two attached hydrogens (primary N) is 1. The second-order valence-corrected chi connectivity index (χ2v) is 7.34. The van der Waals surface area contributed by atoms with Gasteiger partial charge in [0.15, 0.2) is 0 Å². The normalized spacial score (nSPS) is 25.3. The van der Waals surface area contributed by atoms with Crippen molar-refractivity contribution < 1.29 is 19.5 Å². The Morgan fingerprint density at radius 1 is 1.26 bits per heavy atom. The molecule has 0 bridgehead atoms. The SMILES string of the molecule is N=C(N)c1ccc(C2(N3CC(=O)NC3=O)CCC(CCC(=O)O)CC2)cc1. The number of nitrogens with one attached hydrogen (secondary N) is 2. The van der Waals surface area contributed by atoms with E-state index in [1.54, 1.807) is 17.0 Å². The molecule has 1 aromatic carbocycles. The second kappa shape index (κ2) is 7.38. The van der Waals surface area contributed by atoms with Crippen molar-refractivity contribution in [1.29, 1.82) is 5.41 Å². The number of benzene rings is 1. The van der Waals surface area contributed by atoms with Crippen LogP contribution in [0.1, 0.15) is 49.7 Å². The fourth-order valence-corrected chi connectivity index (χ4v) is 4.23. The molecule has 2 aliphatic rings. The van der Waals surface area contributed by atoms with Gasteiger partial charge in [0.1, 0.15) is 12.4 Å². The number of carbonyl (C=O) groups excluding carboxylic acids is 2. The summed E-state index contributed by atoms with van der Waals surface area (Å²) >= 11 is 0. The highest BCUT2D eigenvalue weighted by molar-refractivity contribution is 6.02. The molecule has 1 aliphatic heterocycles. The van der Waals surface area contributed by atoms with Crippen molar-refractivity contribution >= 4 is 23.7 Å². The maximum Gasteiger partial charge on any atom is 0.325 e. The molecule has 3 rings (SSSR count). The Hall–Kier alpha value is -2.90. The lowest BCUT2D eigenvalue weighted by Crippen LogP contribution is -2.50. The minimum absolute atomic E-state index is 0.0209. The minimum atomic E-state index is -0.795. The van der Waals surface area contributed by atoms with Crippen molar-refractivity contribution in [3.8, 4) is 0 Å². The van der Waals surface area contributed by atoms with Crippen molar-refractivity contribution in [3.05, 3.63) is 35.4 Å². The molecule has 2 fully saturated rings. The van der Waals surface area contributed by atoms with Crippen LogP contribution in [0.3, 0.4) is 0 Å². The van der Waals surface area contributed by atoms with Gasteiger partial charge in [0.2, 0.25) is 5.91 Å². The summed E-state index contributed by atoms with van der Waals surface area (Å²) < 4.78 is 0. The van der Waals surface area contributed by atoms with Crippen molar-refractivity contribution in [2.75, 3.05) is 6.54 Å². The molecule has 144 valence electrons. The minimum Gasteiger partial charge on any atom is -0.481 e. The molecule has 8 nitrogen and oxygen atoms in total. The molecule has 1 aliphatic carbocycles. The molecular formula is C19H24N4O4. The molecule has 0 aromatic heterocycles. The number of rotatable bonds is 6. The monoisotopic (exact) mass is 372 g/mol. The van der Waals surface area contributed by atoms with Crippen LogP contribution in [0, 0.1) is 11.3 Å². The predicted octanol–water partition coefficient (Wildman–Crippen LogP) is 1.77. The van der Waals surface area contributed by atoms with Crippen LogP contribution in [0.2, 0.25) is 0 Å². The maximum atomic E-state index is 12.4. The number of urea groups is 1. The molecule has 5 N–H and O–H groups in total. The van der Waals surface area contributed by atoms with Gasteiger partial charge < -0.3 is 15.7 Å². The zero-order valence-corrected chi connectivity index (χ0v) is 15.0. The molecule has 1 heterocycles. The third-order valence-electron chi connectivity index (χ3n) is 5.74. The highest BCUT2D eigenvalue weighted by Crippen LogP contribution is 2.46. The summed E-state index contributed by atoms with van der Waals surface area (Å²) in [6.07, 6.45) is 3.68. The predicted molar refractivity (Wildman–Crippen MR) is 98.2 cm³/mol. The van der Waals surface area contributed by atoms with Crippen molar-refractivity contribution in [2.24, 2.45) is 11.7 Å². The first-order chi connectivity index (χ1) is 12.8. The van der Waals surface area contributed by atoms with E-state index in [1.807, 2.05) is 12.1 Å². The topological polar surface area (TPSA) is 137 Å². The summed E-state index contributed by atoms with van der Waals surface area (Å²) in [5.41, 5.74) is 6.44. The van der Waals surface area contributed by atoms with E-state index >= 15 is 0 Å². The quantitative estimate of drug-likeness (QED) is 0.343. The van der Waals surface area contributed by atoms with Crippen LogP contribution in [0.25, 0.3) is 0 Å². The first-order valence-corrected chi connectivity index (χ1v) is 9.10. The van der Waals surface area contributed by atoms with E-state index in [0.717, 1.165) is 18.4 Å². The van der Waals surface area contributed by atoms with Gasteiger partial charge in [-0.1, -0.05) is 24.3 Å². The number of amidine groups is 1. The number of carboxylic acids is 1. The van der Waals surface area contributed by atoms with Crippen LogP contribution in [-0.2, 0) is 15.1 Å². The summed E-state index contributed by atoms with van der Waals surface area (Å²) in [6.45, 7) is 0.0209. The molecule has 0 atom stereocenters. The Balaban J connectivity index is 1.87. The summed E-state index contributed by atoms with van der Waals surface area (Å²) in [6, 6.07) is 6.85. The Bertz CT molecular complexity index is 766. The zero-order chi connectivity index (χ0) is 19.6. The van der Waals surface area contributed by atoms with Crippen LogP contribution in [0.5, 0.6) is 0 Å². The molecule has 1 aromatic rings. The van der Waals surface area contributed by atoms with Gasteiger partial charge in [0.25, 0.3) is 0 Å². The Morgan fingerprint density at radius 2 is 1.89 bits per heavy atom. The van der Waals surface area contributed by atoms with E-state index in [4.69, 9.17) is 16.2 Å². The summed E-state index contributed by atoms with van der Waals surface area (Å²) in [5, 5.41) is 18.8. The number of carboxylic acid groups (broad SMARTS) is 1. The molecule has 8 heteroatoms. The van der Waals surface area contributed by atoms with Crippen LogP contribution < -0.4 is 11.1 Å². The van der Waals surface area contributed by atoms with Crippen LogP contribution in [0.4, 0.5) is 4.79 Å². The van der Waals surface area contributed by atoms with E-state index in [9.17, 15) is 14.4 Å². The number of amides is 3. The second-order valence-electron chi connectivity index (χ2n) is 7.34. The lowest BCUT2D eigenvalue weighted by molar-refractivity contribution is -0.137. The van der Waals surface area contributed by atoms with Crippen LogP contribution >= 0.6 is 0 Å². The zero-order valence-electron chi connectivity index (χ0n) is 15.0. The first kappa shape index (κ1) is 18.9. The number of hydrogen-bond acceptors (Lipinski definition) is 4. The van der Waals surface area contributed by atoms with Gasteiger partial charge in [-0.2, -0.15) is 0 Å². The third kappa shape index (κ3) is 3.79. The van der Waals surface area contributed by atoms with E-state index in [-0.39, 0.29) is 30.7 Å². The van der Waals surface area contributed by atoms with Gasteiger partial charge in [-0.25, -0.2) is 4.79 Å². The van der Waals surface area contributed by atoms with Gasteiger partial charge in [-0.05, 0) is 43.6 Å². The number of hydrogen-bond donors (Lipinski definition) is 4. The number of nitrogens with zero attached hydrogens (tertiary/aromatic N) is 1. The Morgan fingerprint density at radius 3 is 2.37 bits per heavy atom. The van der Waals surface area contributed by atoms with Crippen LogP contribution in [0.15, 0.2) is 24.3 Å². The van der Waals surface area contributed by atoms with E-state index in [2.05, 4.69) is 5.32 Å². The van der Waals surface area contributed by atoms with Gasteiger partial charge in [0, 0.05) is 12.0 Å². The van der Waals surface area contributed by atoms with Gasteiger partial charge in [-0.3, -0.25) is 20.3 Å². The molecule has 1 saturated heterocycles. The number of carbonyl (C=O) groups is 3. The highest BCUT2D eigenvalue weighted by atomic mass is 16.4. The van der Waals surface area contributed by atoms with Crippen molar-refractivity contribution in [2.45, 2.75) is 44.1 Å². The molecular weight excluding hydrogens is 348 g/mol. The number of nitrogen functional groups attached to an aromatic ring is 1. The average Bonchev–Trinajstić information content (AvgIpc) is 2.99. The molecule has 27 heavy (non-hydrogen) atoms. The number of imide groups is 1. The molecule has 0 radical (unpaired) electrons. The largest absolute Gasteiger partial charge is 0.481 e. The van der Waals surface area contributed by atoms with E-state index in [1.165, 1.54) is 0 Å². The number of aliphatic carboxylic acids is 1. The average molecular weight is 372 g/mol. The smallest absolute Gasteiger partial charge is 0.325 e. The fraction of sp³-hybridized carbons (Fsp3) is 0.474. The first-order valence-electron chi connectivity index (χ1n) is 9.10. The van der Waals surface area contributed by atoms with Gasteiger partial charge in [-0.15, -0.1) is 0 Å². The molecule has 1 saturated carbocycles. The standard InChI is InChI=1S/C19H24N4O4/c20-17(21)13-2-4-14(5-3-13)19(23-11-15(24)22-18(23)27)9-7-12(8-10-19)1-6-16(25)26/h2-5,12H,1,6-11H2,(H3,20,21)(H,25,26)(H,22,24,27). The van der Waals surface area contributed by atoms with Gasteiger partial charge >= 0.3 is 12.0 Å². The van der Waals surface area contributed by atoms with Crippen molar-refractivity contribution in [3.63, 3.8) is 0 Å². The lowest BCUT2D eigenvalue weighted by atomic mass is 9.70. The van der Waals surface area contributed by atoms with E-state index in [0.29, 0.717) is 30.7 Å². The maximum absolute atomic E-state index is 12.4. The van der Waals surface area contributed by atoms with Gasteiger partial charge in [0.05, 0.1) is 5.54 Å². The lowest BCUT2D eigenvalue weighted by Gasteiger charge is -2.46. The fourth-order valence-electron chi connectivity index (χ4n) is 4.23.